The predicted octanol–water partition coefficient (Wildman–Crippen LogP) is 3.24. The molecule has 0 amide bonds. The molecular weight excluding hydrogens is 282 g/mol. The molecule has 0 radical (unpaired) electrons. The summed E-state index contributed by atoms with van der Waals surface area (Å²) in [4.78, 5) is 0.364. The van der Waals surface area contributed by atoms with Crippen LogP contribution in [0.2, 0.25) is 0 Å². The maximum absolute atomic E-state index is 12.5. The van der Waals surface area contributed by atoms with E-state index in [1.807, 2.05) is 6.07 Å². The van der Waals surface area contributed by atoms with Gasteiger partial charge in [-0.3, -0.25) is 0 Å². The molecule has 1 saturated heterocycles. The monoisotopic (exact) mass is 301 g/mol. The van der Waals surface area contributed by atoms with Gasteiger partial charge in [-0.1, -0.05) is 25.5 Å². The normalized spacial score (nSPS) is 20.8. The van der Waals surface area contributed by atoms with E-state index in [4.69, 9.17) is 11.6 Å². The van der Waals surface area contributed by atoms with Crippen LogP contribution in [0.4, 0.5) is 0 Å². The van der Waals surface area contributed by atoms with Crippen molar-refractivity contribution in [3.63, 3.8) is 0 Å². The molecule has 5 heteroatoms. The lowest BCUT2D eigenvalue weighted by Crippen LogP contribution is -2.29. The summed E-state index contributed by atoms with van der Waals surface area (Å²) in [5, 5.41) is 0. The van der Waals surface area contributed by atoms with Crippen LogP contribution < -0.4 is 0 Å². The molecule has 0 aromatic heterocycles. The van der Waals surface area contributed by atoms with E-state index in [9.17, 15) is 8.42 Å². The van der Waals surface area contributed by atoms with Gasteiger partial charge >= 0.3 is 0 Å². The van der Waals surface area contributed by atoms with E-state index in [2.05, 4.69) is 6.92 Å². The summed E-state index contributed by atoms with van der Waals surface area (Å²) in [6, 6.07) is 6.92. The zero-order valence-corrected chi connectivity index (χ0v) is 12.8. The molecule has 1 aliphatic rings. The Morgan fingerprint density at radius 3 is 2.89 bits per heavy atom. The first-order valence-corrected chi connectivity index (χ1v) is 8.70. The van der Waals surface area contributed by atoms with Crippen molar-refractivity contribution in [1.82, 2.24) is 4.31 Å². The van der Waals surface area contributed by atoms with Crippen molar-refractivity contribution in [2.75, 3.05) is 13.1 Å². The minimum Gasteiger partial charge on any atom is -0.207 e. The molecule has 0 N–H and O–H groups in total. The number of hydrogen-bond donors (Lipinski definition) is 0. The lowest BCUT2D eigenvalue weighted by Gasteiger charge is -2.17. The molecular formula is C14H20ClNO2S. The minimum atomic E-state index is -3.35. The number of alkyl halides is 1. The molecule has 19 heavy (non-hydrogen) atoms. The van der Waals surface area contributed by atoms with Crippen molar-refractivity contribution in [2.45, 2.75) is 37.0 Å². The first kappa shape index (κ1) is 14.8. The highest BCUT2D eigenvalue weighted by atomic mass is 35.5. The van der Waals surface area contributed by atoms with E-state index in [-0.39, 0.29) is 0 Å². The van der Waals surface area contributed by atoms with Gasteiger partial charge in [-0.25, -0.2) is 8.42 Å². The molecule has 2 rings (SSSR count). The average Bonchev–Trinajstić information content (AvgIpc) is 2.88. The second kappa shape index (κ2) is 6.25. The van der Waals surface area contributed by atoms with Gasteiger partial charge in [0.2, 0.25) is 10.0 Å². The van der Waals surface area contributed by atoms with Crippen molar-refractivity contribution in [2.24, 2.45) is 5.92 Å². The largest absolute Gasteiger partial charge is 0.243 e. The van der Waals surface area contributed by atoms with Gasteiger partial charge in [0, 0.05) is 19.0 Å². The third-order valence-electron chi connectivity index (χ3n) is 3.64. The quantitative estimate of drug-likeness (QED) is 0.783. The highest BCUT2D eigenvalue weighted by molar-refractivity contribution is 7.89. The molecule has 106 valence electrons. The first-order valence-electron chi connectivity index (χ1n) is 6.73. The lowest BCUT2D eigenvalue weighted by molar-refractivity contribution is 0.444. The Balaban J connectivity index is 2.18. The van der Waals surface area contributed by atoms with E-state index in [0.29, 0.717) is 29.8 Å². The van der Waals surface area contributed by atoms with Crippen LogP contribution in [0.3, 0.4) is 0 Å². The summed E-state index contributed by atoms with van der Waals surface area (Å²) in [5.74, 6) is 0.845. The molecule has 3 nitrogen and oxygen atoms in total. The Morgan fingerprint density at radius 2 is 2.21 bits per heavy atom. The molecule has 1 unspecified atom stereocenters. The van der Waals surface area contributed by atoms with Gasteiger partial charge in [0.25, 0.3) is 0 Å². The molecule has 1 aromatic carbocycles. The maximum Gasteiger partial charge on any atom is 0.243 e. The van der Waals surface area contributed by atoms with Gasteiger partial charge in [-0.15, -0.1) is 11.6 Å². The molecule has 0 aliphatic carbocycles. The van der Waals surface area contributed by atoms with Crippen molar-refractivity contribution < 1.29 is 8.42 Å². The van der Waals surface area contributed by atoms with Crippen LogP contribution in [0.15, 0.2) is 29.2 Å². The summed E-state index contributed by atoms with van der Waals surface area (Å²) in [7, 11) is -3.35. The summed E-state index contributed by atoms with van der Waals surface area (Å²) in [5.41, 5.74) is 0.840. The average molecular weight is 302 g/mol. The third kappa shape index (κ3) is 3.30. The van der Waals surface area contributed by atoms with Crippen LogP contribution in [0.5, 0.6) is 0 Å². The van der Waals surface area contributed by atoms with Gasteiger partial charge in [0.05, 0.1) is 4.90 Å². The van der Waals surface area contributed by atoms with Crippen LogP contribution in [-0.2, 0) is 15.9 Å². The van der Waals surface area contributed by atoms with Crippen LogP contribution in [0, 0.1) is 5.92 Å². The van der Waals surface area contributed by atoms with Crippen LogP contribution in [0.25, 0.3) is 0 Å². The topological polar surface area (TPSA) is 37.4 Å². The second-order valence-corrected chi connectivity index (χ2v) is 7.29. The van der Waals surface area contributed by atoms with Crippen molar-refractivity contribution in [3.8, 4) is 0 Å². The van der Waals surface area contributed by atoms with Crippen molar-refractivity contribution in [3.05, 3.63) is 29.8 Å². The van der Waals surface area contributed by atoms with Gasteiger partial charge in [0.15, 0.2) is 0 Å². The molecule has 1 fully saturated rings. The number of sulfonamides is 1. The molecule has 1 heterocycles. The molecule has 1 atom stereocenters. The Kier molecular flexibility index (Phi) is 4.87. The fourth-order valence-corrected chi connectivity index (χ4v) is 4.37. The lowest BCUT2D eigenvalue weighted by atomic mass is 10.0. The molecule has 0 bridgehead atoms. The fraction of sp³-hybridized carbons (Fsp3) is 0.571. The highest BCUT2D eigenvalue weighted by Crippen LogP contribution is 2.27. The second-order valence-electron chi connectivity index (χ2n) is 5.09. The van der Waals surface area contributed by atoms with Gasteiger partial charge in [-0.05, 0) is 36.5 Å². The highest BCUT2D eigenvalue weighted by Gasteiger charge is 2.31. The Bertz CT molecular complexity index is 530. The molecule has 1 aliphatic heterocycles. The minimum absolute atomic E-state index is 0.335. The Morgan fingerprint density at radius 1 is 1.42 bits per heavy atom. The standard InChI is InChI=1S/C14H20ClNO2S/c1-2-4-12-7-8-16(11-12)19(17,18)14-6-3-5-13(9-14)10-15/h3,5-6,9,12H,2,4,7-8,10-11H2,1H3. The SMILES string of the molecule is CCCC1CCN(S(=O)(=O)c2cccc(CCl)c2)C1. The van der Waals surface area contributed by atoms with E-state index in [1.165, 1.54) is 0 Å². The van der Waals surface area contributed by atoms with Crippen LogP contribution in [-0.4, -0.2) is 25.8 Å². The Hall–Kier alpha value is -0.580. The van der Waals surface area contributed by atoms with Crippen LogP contribution in [0.1, 0.15) is 31.7 Å². The number of halogens is 1. The molecule has 0 saturated carbocycles. The molecule has 0 spiro atoms. The summed E-state index contributed by atoms with van der Waals surface area (Å²) in [6.45, 7) is 3.43. The fourth-order valence-electron chi connectivity index (χ4n) is 2.60. The van der Waals surface area contributed by atoms with Gasteiger partial charge < -0.3 is 0 Å². The van der Waals surface area contributed by atoms with Crippen LogP contribution >= 0.6 is 11.6 Å². The van der Waals surface area contributed by atoms with Crippen molar-refractivity contribution >= 4 is 21.6 Å². The summed E-state index contributed by atoms with van der Waals surface area (Å²) < 4.78 is 26.7. The predicted molar refractivity (Wildman–Crippen MR) is 77.8 cm³/mol. The third-order valence-corrected chi connectivity index (χ3v) is 5.81. The van der Waals surface area contributed by atoms with Crippen molar-refractivity contribution in [1.29, 1.82) is 0 Å². The van der Waals surface area contributed by atoms with Gasteiger partial charge in [-0.2, -0.15) is 4.31 Å². The molecule has 1 aromatic rings. The van der Waals surface area contributed by atoms with Gasteiger partial charge in [0.1, 0.15) is 0 Å². The van der Waals surface area contributed by atoms with E-state index in [0.717, 1.165) is 24.8 Å². The number of rotatable bonds is 5. The number of benzene rings is 1. The summed E-state index contributed by atoms with van der Waals surface area (Å²) in [6.07, 6.45) is 3.19. The van der Waals surface area contributed by atoms with E-state index in [1.54, 1.807) is 22.5 Å². The zero-order chi connectivity index (χ0) is 13.9. The number of hydrogen-bond acceptors (Lipinski definition) is 2. The van der Waals surface area contributed by atoms with E-state index >= 15 is 0 Å². The first-order chi connectivity index (χ1) is 9.07. The smallest absolute Gasteiger partial charge is 0.207 e. The zero-order valence-electron chi connectivity index (χ0n) is 11.2. The Labute approximate surface area is 120 Å². The summed E-state index contributed by atoms with van der Waals surface area (Å²) >= 11 is 5.76. The number of nitrogens with zero attached hydrogens (tertiary/aromatic N) is 1. The maximum atomic E-state index is 12.5. The van der Waals surface area contributed by atoms with E-state index < -0.39 is 10.0 Å².